The molecule has 2 heterocycles. The first-order chi connectivity index (χ1) is 16.1. The molecule has 0 saturated carbocycles. The highest BCUT2D eigenvalue weighted by Gasteiger charge is 2.31. The Hall–Kier alpha value is -2.69. The Balaban J connectivity index is 1.91. The number of sulfonamides is 1. The molecule has 2 aromatic rings. The van der Waals surface area contributed by atoms with Crippen molar-refractivity contribution in [2.75, 3.05) is 37.7 Å². The van der Waals surface area contributed by atoms with Gasteiger partial charge in [0.25, 0.3) is 0 Å². The van der Waals surface area contributed by atoms with E-state index in [4.69, 9.17) is 4.74 Å². The Labute approximate surface area is 201 Å². The molecule has 0 unspecified atom stereocenters. The van der Waals surface area contributed by atoms with Gasteiger partial charge in [-0.2, -0.15) is 0 Å². The molecule has 10 heteroatoms. The summed E-state index contributed by atoms with van der Waals surface area (Å²) >= 11 is 0. The molecule has 0 spiro atoms. The van der Waals surface area contributed by atoms with Crippen LogP contribution in [0.4, 0.5) is 5.69 Å². The Bertz CT molecular complexity index is 1080. The van der Waals surface area contributed by atoms with Crippen molar-refractivity contribution in [3.8, 4) is 5.75 Å². The second-order valence-corrected chi connectivity index (χ2v) is 10.9. The summed E-state index contributed by atoms with van der Waals surface area (Å²) in [4.78, 5) is 21.1. The number of pyridine rings is 1. The number of nitrogens with one attached hydrogen (secondary N) is 1. The van der Waals surface area contributed by atoms with Crippen LogP contribution in [-0.4, -0.2) is 79.4 Å². The molecule has 0 saturated heterocycles. The summed E-state index contributed by atoms with van der Waals surface area (Å²) in [5.74, 6) is 0.401. The van der Waals surface area contributed by atoms with Gasteiger partial charge in [0.15, 0.2) is 0 Å². The summed E-state index contributed by atoms with van der Waals surface area (Å²) in [7, 11) is -1.45. The lowest BCUT2D eigenvalue weighted by atomic mass is 10.0. The number of rotatable bonds is 8. The van der Waals surface area contributed by atoms with Crippen molar-refractivity contribution < 1.29 is 23.1 Å². The predicted molar refractivity (Wildman–Crippen MR) is 131 cm³/mol. The lowest BCUT2D eigenvalue weighted by molar-refractivity contribution is -0.134. The maximum absolute atomic E-state index is 13.2. The maximum atomic E-state index is 13.2. The van der Waals surface area contributed by atoms with Crippen LogP contribution in [0.3, 0.4) is 0 Å². The fourth-order valence-corrected chi connectivity index (χ4v) is 4.65. The Morgan fingerprint density at radius 1 is 1.29 bits per heavy atom. The van der Waals surface area contributed by atoms with Crippen LogP contribution in [-0.2, 0) is 27.8 Å². The number of aliphatic hydroxyl groups is 1. The van der Waals surface area contributed by atoms with Crippen molar-refractivity contribution in [2.24, 2.45) is 5.92 Å². The van der Waals surface area contributed by atoms with Gasteiger partial charge in [0.1, 0.15) is 11.9 Å². The number of fused-ring (bicyclic) bond motifs is 1. The molecule has 0 bridgehead atoms. The van der Waals surface area contributed by atoms with Crippen LogP contribution < -0.4 is 9.46 Å². The van der Waals surface area contributed by atoms with Crippen LogP contribution in [0.1, 0.15) is 25.0 Å². The first-order valence-electron chi connectivity index (χ1n) is 11.3. The van der Waals surface area contributed by atoms with Crippen molar-refractivity contribution in [1.82, 2.24) is 14.8 Å². The third-order valence-corrected chi connectivity index (χ3v) is 6.52. The summed E-state index contributed by atoms with van der Waals surface area (Å²) in [6.07, 6.45) is 4.42. The van der Waals surface area contributed by atoms with Crippen molar-refractivity contribution in [3.63, 3.8) is 0 Å². The highest BCUT2D eigenvalue weighted by molar-refractivity contribution is 7.92. The molecule has 3 rings (SSSR count). The van der Waals surface area contributed by atoms with Crippen molar-refractivity contribution in [2.45, 2.75) is 39.0 Å². The van der Waals surface area contributed by atoms with Crippen molar-refractivity contribution >= 4 is 21.6 Å². The molecular weight excluding hydrogens is 456 g/mol. The van der Waals surface area contributed by atoms with E-state index < -0.39 is 10.0 Å². The number of likely N-dealkylation sites (N-methyl/N-ethyl adjacent to an activating group) is 1. The van der Waals surface area contributed by atoms with Gasteiger partial charge < -0.3 is 14.7 Å². The quantitative estimate of drug-likeness (QED) is 0.580. The lowest BCUT2D eigenvalue weighted by Crippen LogP contribution is -2.47. The second kappa shape index (κ2) is 11.2. The Morgan fingerprint density at radius 3 is 2.65 bits per heavy atom. The van der Waals surface area contributed by atoms with Gasteiger partial charge in [0, 0.05) is 49.2 Å². The molecule has 1 aromatic heterocycles. The molecule has 1 amide bonds. The van der Waals surface area contributed by atoms with Gasteiger partial charge in [-0.05, 0) is 49.9 Å². The van der Waals surface area contributed by atoms with E-state index in [0.717, 1.165) is 18.4 Å². The number of aliphatic hydroxyl groups excluding tert-OH is 1. The highest BCUT2D eigenvalue weighted by Crippen LogP contribution is 2.29. The Morgan fingerprint density at radius 2 is 2.00 bits per heavy atom. The number of ether oxygens (including phenoxy) is 1. The Kier molecular flexibility index (Phi) is 8.51. The standard InChI is InChI=1S/C24H34N4O5S/c1-17-13-28(18(2)16-29)24(30)12-20-11-21(26-34(4,31)32)5-6-22(20)33-23(17)15-27(3)14-19-7-9-25-10-8-19/h5-11,17-18,23,26,29H,12-16H2,1-4H3/t17-,18+,23-/m1/s1. The predicted octanol–water partition coefficient (Wildman–Crippen LogP) is 1.73. The SMILES string of the molecule is C[C@@H]1CN([C@@H](C)CO)C(=O)Cc2cc(NS(C)(=O)=O)ccc2O[C@@H]1CN(C)Cc1ccncc1. The van der Waals surface area contributed by atoms with E-state index in [-0.39, 0.29) is 37.0 Å². The van der Waals surface area contributed by atoms with E-state index in [0.29, 0.717) is 30.1 Å². The van der Waals surface area contributed by atoms with Crippen LogP contribution >= 0.6 is 0 Å². The molecule has 1 aliphatic rings. The molecule has 0 fully saturated rings. The molecule has 0 radical (unpaired) electrons. The molecule has 9 nitrogen and oxygen atoms in total. The molecule has 1 aromatic carbocycles. The molecule has 0 aliphatic carbocycles. The monoisotopic (exact) mass is 490 g/mol. The van der Waals surface area contributed by atoms with Gasteiger partial charge in [0.2, 0.25) is 15.9 Å². The van der Waals surface area contributed by atoms with Gasteiger partial charge in [-0.1, -0.05) is 6.92 Å². The van der Waals surface area contributed by atoms with Gasteiger partial charge in [-0.25, -0.2) is 8.42 Å². The first kappa shape index (κ1) is 25.9. The van der Waals surface area contributed by atoms with E-state index in [9.17, 15) is 18.3 Å². The summed E-state index contributed by atoms with van der Waals surface area (Å²) in [6, 6.07) is 8.59. The smallest absolute Gasteiger partial charge is 0.229 e. The van der Waals surface area contributed by atoms with Crippen LogP contribution in [0, 0.1) is 5.92 Å². The zero-order chi connectivity index (χ0) is 24.9. The van der Waals surface area contributed by atoms with Crippen LogP contribution in [0.15, 0.2) is 42.7 Å². The minimum atomic E-state index is -3.46. The molecule has 3 atom stereocenters. The van der Waals surface area contributed by atoms with Crippen LogP contribution in [0.5, 0.6) is 5.75 Å². The summed E-state index contributed by atoms with van der Waals surface area (Å²) in [6.45, 7) is 5.48. The van der Waals surface area contributed by atoms with Gasteiger partial charge >= 0.3 is 0 Å². The first-order valence-corrected chi connectivity index (χ1v) is 13.2. The normalized spacial score (nSPS) is 20.1. The fraction of sp³-hybridized carbons (Fsp3) is 0.500. The summed E-state index contributed by atoms with van der Waals surface area (Å²) in [5, 5.41) is 9.75. The summed E-state index contributed by atoms with van der Waals surface area (Å²) in [5.41, 5.74) is 2.11. The number of anilines is 1. The van der Waals surface area contributed by atoms with E-state index in [2.05, 4.69) is 14.6 Å². The van der Waals surface area contributed by atoms with Gasteiger partial charge in [-0.15, -0.1) is 0 Å². The van der Waals surface area contributed by atoms with Crippen molar-refractivity contribution in [3.05, 3.63) is 53.9 Å². The van der Waals surface area contributed by atoms with E-state index in [1.165, 1.54) is 0 Å². The number of amides is 1. The van der Waals surface area contributed by atoms with E-state index >= 15 is 0 Å². The topological polar surface area (TPSA) is 112 Å². The number of hydrogen-bond donors (Lipinski definition) is 2. The second-order valence-electron chi connectivity index (χ2n) is 9.14. The zero-order valence-corrected chi connectivity index (χ0v) is 21.0. The molecular formula is C24H34N4O5S. The zero-order valence-electron chi connectivity index (χ0n) is 20.1. The van der Waals surface area contributed by atoms with Gasteiger partial charge in [-0.3, -0.25) is 19.4 Å². The maximum Gasteiger partial charge on any atom is 0.229 e. The molecule has 186 valence electrons. The van der Waals surface area contributed by atoms with Crippen LogP contribution in [0.25, 0.3) is 0 Å². The number of aromatic nitrogens is 1. The number of benzene rings is 1. The average molecular weight is 491 g/mol. The number of carbonyl (C=O) groups is 1. The third-order valence-electron chi connectivity index (χ3n) is 5.91. The fourth-order valence-electron chi connectivity index (χ4n) is 4.10. The van der Waals surface area contributed by atoms with Gasteiger partial charge in [0.05, 0.1) is 25.3 Å². The molecule has 34 heavy (non-hydrogen) atoms. The van der Waals surface area contributed by atoms with Crippen LogP contribution in [0.2, 0.25) is 0 Å². The molecule has 1 aliphatic heterocycles. The van der Waals surface area contributed by atoms with E-state index in [1.807, 2.05) is 33.0 Å². The largest absolute Gasteiger partial charge is 0.488 e. The minimum absolute atomic E-state index is 0.0161. The van der Waals surface area contributed by atoms with Crippen molar-refractivity contribution in [1.29, 1.82) is 0 Å². The minimum Gasteiger partial charge on any atom is -0.488 e. The number of carbonyl (C=O) groups excluding carboxylic acids is 1. The molecule has 2 N–H and O–H groups in total. The average Bonchev–Trinajstić information content (AvgIpc) is 2.81. The highest BCUT2D eigenvalue weighted by atomic mass is 32.2. The van der Waals surface area contributed by atoms with E-state index in [1.54, 1.807) is 35.5 Å². The summed E-state index contributed by atoms with van der Waals surface area (Å²) < 4.78 is 32.3. The number of hydrogen-bond acceptors (Lipinski definition) is 7. The lowest BCUT2D eigenvalue weighted by Gasteiger charge is -2.34. The number of nitrogens with zero attached hydrogens (tertiary/aromatic N) is 3. The third kappa shape index (κ3) is 7.15.